The van der Waals surface area contributed by atoms with Crippen LogP contribution in [-0.2, 0) is 4.74 Å². The molecule has 3 N–H and O–H groups in total. The topological polar surface area (TPSA) is 112 Å². The molecule has 4 aromatic rings. The maximum atomic E-state index is 6.41. The maximum Gasteiger partial charge on any atom is 0.239 e. The first-order valence-electron chi connectivity index (χ1n) is 15.7. The van der Waals surface area contributed by atoms with Gasteiger partial charge in [-0.15, -0.1) is 0 Å². The number of rotatable bonds is 4. The van der Waals surface area contributed by atoms with Gasteiger partial charge in [0.05, 0.1) is 47.7 Å². The lowest BCUT2D eigenvalue weighted by Crippen LogP contribution is -2.44. The molecule has 10 heteroatoms. The molecular formula is C26H39N9O. The Kier molecular flexibility index (Phi) is 5.01. The number of imidazole rings is 1. The second-order valence-electron chi connectivity index (χ2n) is 9.79. The molecule has 6 rings (SSSR count). The van der Waals surface area contributed by atoms with E-state index in [9.17, 15) is 0 Å². The molecule has 0 aliphatic carbocycles. The van der Waals surface area contributed by atoms with Crippen molar-refractivity contribution in [2.75, 3.05) is 43.5 Å². The third-order valence-electron chi connectivity index (χ3n) is 7.39. The number of fused-ring (bicyclic) bond motifs is 1. The molecule has 5 heterocycles. The summed E-state index contributed by atoms with van der Waals surface area (Å²) >= 11 is 0. The fraction of sp³-hybridized carbons (Fsp3) is 0.462. The average Bonchev–Trinajstić information content (AvgIpc) is 3.54. The number of anilines is 2. The summed E-state index contributed by atoms with van der Waals surface area (Å²) in [5.74, 6) is 1.74. The number of nitrogens with zero attached hydrogens (tertiary/aromatic N) is 7. The highest BCUT2D eigenvalue weighted by molar-refractivity contribution is 5.80. The van der Waals surface area contributed by atoms with Crippen LogP contribution in [0, 0.1) is 13.8 Å². The number of benzene rings is 1. The van der Waals surface area contributed by atoms with Gasteiger partial charge in [-0.05, 0) is 58.8 Å². The number of nitrogen functional groups attached to an aromatic ring is 1. The predicted molar refractivity (Wildman–Crippen MR) is 147 cm³/mol. The highest BCUT2D eigenvalue weighted by Crippen LogP contribution is 2.33. The summed E-state index contributed by atoms with van der Waals surface area (Å²) in [5.41, 5.74) is 12.1. The zero-order valence-electron chi connectivity index (χ0n) is 27.1. The number of hydrogen-bond acceptors (Lipinski definition) is 8. The number of hydrogen-bond donors (Lipinski definition) is 2. The Bertz CT molecular complexity index is 1430. The number of nitrogens with two attached hydrogens (primary N) is 1. The van der Waals surface area contributed by atoms with Gasteiger partial charge >= 0.3 is 0 Å². The molecule has 0 unspecified atom stereocenters. The Morgan fingerprint density at radius 2 is 1.94 bits per heavy atom. The van der Waals surface area contributed by atoms with Crippen LogP contribution in [0.25, 0.3) is 28.2 Å². The lowest BCUT2D eigenvalue weighted by molar-refractivity contribution is 0.0985. The van der Waals surface area contributed by atoms with Gasteiger partial charge in [0, 0.05) is 32.8 Å². The molecule has 36 heavy (non-hydrogen) atoms. The van der Waals surface area contributed by atoms with E-state index in [4.69, 9.17) is 34.4 Å². The molecule has 1 atom stereocenters. The van der Waals surface area contributed by atoms with Crippen LogP contribution in [0.4, 0.5) is 11.8 Å². The van der Waals surface area contributed by atoms with Gasteiger partial charge in [-0.3, -0.25) is 4.68 Å². The summed E-state index contributed by atoms with van der Waals surface area (Å²) in [6.45, 7) is 10.5. The molecule has 0 saturated carbocycles. The minimum atomic E-state index is 0.200. The number of aryl methyl sites for hydroxylation is 1. The highest BCUT2D eigenvalue weighted by atomic mass is 16.5. The van der Waals surface area contributed by atoms with Crippen molar-refractivity contribution < 1.29 is 13.6 Å². The van der Waals surface area contributed by atoms with Crippen molar-refractivity contribution in [2.24, 2.45) is 0 Å². The van der Waals surface area contributed by atoms with Gasteiger partial charge in [-0.1, -0.05) is 12.1 Å². The number of ether oxygens (including phenoxy) is 1. The smallest absolute Gasteiger partial charge is 0.239 e. The predicted octanol–water partition coefficient (Wildman–Crippen LogP) is 3.77. The molecule has 0 spiro atoms. The zero-order valence-corrected chi connectivity index (χ0v) is 21.1. The van der Waals surface area contributed by atoms with E-state index < -0.39 is 0 Å². The lowest BCUT2D eigenvalue weighted by atomic mass is 10.1. The quantitative estimate of drug-likeness (QED) is 0.436. The van der Waals surface area contributed by atoms with E-state index in [1.54, 1.807) is 0 Å². The van der Waals surface area contributed by atoms with Gasteiger partial charge in [0.2, 0.25) is 11.9 Å². The van der Waals surface area contributed by atoms with Crippen molar-refractivity contribution in [3.63, 3.8) is 0 Å². The van der Waals surface area contributed by atoms with Crippen molar-refractivity contribution in [1.82, 2.24) is 34.6 Å². The summed E-state index contributed by atoms with van der Waals surface area (Å²) in [6.07, 6.45) is 2.15. The Morgan fingerprint density at radius 3 is 2.75 bits per heavy atom. The second-order valence-corrected chi connectivity index (χ2v) is 9.79. The Hall–Kier alpha value is -3.50. The first kappa shape index (κ1) is 19.7. The molecule has 10 nitrogen and oxygen atoms in total. The first-order valence-corrected chi connectivity index (χ1v) is 12.7. The first-order chi connectivity index (χ1) is 20.5. The van der Waals surface area contributed by atoms with Crippen LogP contribution in [0.15, 0.2) is 30.3 Å². The minimum Gasteiger partial charge on any atom is -0.377 e. The van der Waals surface area contributed by atoms with Crippen LogP contribution >= 0.6 is 0 Å². The fourth-order valence-electron chi connectivity index (χ4n) is 5.56. The molecule has 194 valence electrons. The Morgan fingerprint density at radius 1 is 1.14 bits per heavy atom. The van der Waals surface area contributed by atoms with Crippen LogP contribution in [0.2, 0.25) is 0 Å². The van der Waals surface area contributed by atoms with E-state index in [1.807, 2.05) is 28.8 Å². The summed E-state index contributed by atoms with van der Waals surface area (Å²) in [5, 5.41) is 8.43. The van der Waals surface area contributed by atoms with Gasteiger partial charge in [-0.25, -0.2) is 14.5 Å². The SMILES string of the molecule is Cc1nn(C2CCNCC2)c(C)c1-c1cc(N2CCOC[C@H]2C)nc(-n2c(N)nc3ccccc32)n1.[2H][2H].[2H][2H].[2H][2H]. The van der Waals surface area contributed by atoms with E-state index >= 15 is 0 Å². The number of para-hydroxylation sites is 2. The van der Waals surface area contributed by atoms with Crippen LogP contribution in [-0.4, -0.2) is 68.2 Å². The van der Waals surface area contributed by atoms with Gasteiger partial charge < -0.3 is 20.7 Å². The van der Waals surface area contributed by atoms with Gasteiger partial charge in [0.25, 0.3) is 0 Å². The second kappa shape index (κ2) is 9.18. The Labute approximate surface area is 219 Å². The van der Waals surface area contributed by atoms with E-state index in [0.29, 0.717) is 31.2 Å². The molecule has 2 aliphatic rings. The van der Waals surface area contributed by atoms with Crippen molar-refractivity contribution in [3.8, 4) is 17.2 Å². The van der Waals surface area contributed by atoms with Crippen LogP contribution in [0.3, 0.4) is 0 Å². The summed E-state index contributed by atoms with van der Waals surface area (Å²) in [7, 11) is 0. The fourth-order valence-corrected chi connectivity index (χ4v) is 5.56. The van der Waals surface area contributed by atoms with E-state index in [2.05, 4.69) is 46.7 Å². The van der Waals surface area contributed by atoms with Crippen molar-refractivity contribution >= 4 is 22.8 Å². The standard InChI is InChI=1S/C26H33N9O.3H2/c1-16-15-36-13-12-33(16)23-14-21(24-17(2)32-35(18(24)3)19-8-10-28-11-9-19)30-26(31-23)34-22-7-5-4-6-20(22)29-25(34)27;;;/h4-7,14,16,19,28H,8-13,15H2,1-3H3,(H2,27,29);3*1H/t16-;;;/m1.../s1/i;3*1+1D. The van der Waals surface area contributed by atoms with Crippen LogP contribution in [0.1, 0.15) is 46.1 Å². The molecule has 3 aromatic heterocycles. The molecular weight excluding hydrogens is 454 g/mol. The molecule has 2 aliphatic heterocycles. The summed E-state index contributed by atoms with van der Waals surface area (Å²) in [4.78, 5) is 16.9. The number of piperidine rings is 1. The molecule has 0 bridgehead atoms. The van der Waals surface area contributed by atoms with E-state index in [-0.39, 0.29) is 6.04 Å². The number of morpholine rings is 1. The summed E-state index contributed by atoms with van der Waals surface area (Å²) < 4.78 is 39.7. The zero-order chi connectivity index (χ0) is 30.8. The van der Waals surface area contributed by atoms with Gasteiger partial charge in [0.15, 0.2) is 0 Å². The van der Waals surface area contributed by atoms with E-state index in [1.165, 1.54) is 0 Å². The third kappa shape index (κ3) is 3.90. The van der Waals surface area contributed by atoms with Crippen molar-refractivity contribution in [2.45, 2.75) is 45.7 Å². The summed E-state index contributed by atoms with van der Waals surface area (Å²) in [6, 6.07) is 10.6. The monoisotopic (exact) mass is 499 g/mol. The minimum absolute atomic E-state index is 0.200. The van der Waals surface area contributed by atoms with Crippen molar-refractivity contribution in [1.29, 1.82) is 0 Å². The maximum absolute atomic E-state index is 6.41. The molecule has 0 radical (unpaired) electrons. The molecule has 2 fully saturated rings. The van der Waals surface area contributed by atoms with E-state index in [0.717, 1.165) is 72.0 Å². The van der Waals surface area contributed by atoms with Crippen LogP contribution < -0.4 is 16.0 Å². The molecule has 2 saturated heterocycles. The number of aromatic nitrogens is 6. The van der Waals surface area contributed by atoms with Gasteiger partial charge in [-0.2, -0.15) is 10.1 Å². The molecule has 0 amide bonds. The van der Waals surface area contributed by atoms with Crippen molar-refractivity contribution in [3.05, 3.63) is 41.7 Å². The lowest BCUT2D eigenvalue weighted by Gasteiger charge is -2.34. The number of nitrogens with one attached hydrogen (secondary N) is 1. The van der Waals surface area contributed by atoms with Crippen LogP contribution in [0.5, 0.6) is 0 Å². The Balaban J connectivity index is 0.000000760. The van der Waals surface area contributed by atoms with Gasteiger partial charge in [0.1, 0.15) is 5.82 Å². The normalized spacial score (nSPS) is 20.0. The highest BCUT2D eigenvalue weighted by Gasteiger charge is 2.26. The largest absolute Gasteiger partial charge is 0.377 e. The average molecular weight is 500 g/mol. The third-order valence-corrected chi connectivity index (χ3v) is 7.39. The molecule has 1 aromatic carbocycles.